The van der Waals surface area contributed by atoms with E-state index in [1.165, 1.54) is 42.5 Å². The first-order chi connectivity index (χ1) is 16.7. The van der Waals surface area contributed by atoms with Crippen LogP contribution in [0, 0.1) is 0 Å². The number of phenols is 1. The van der Waals surface area contributed by atoms with E-state index in [0.29, 0.717) is 11.1 Å². The van der Waals surface area contributed by atoms with Crippen LogP contribution in [0.1, 0.15) is 42.7 Å². The molecular formula is C25H22ClN3O6. The van der Waals surface area contributed by atoms with Crippen molar-refractivity contribution in [2.45, 2.75) is 12.1 Å². The number of rotatable bonds is 9. The number of carboxylic acids is 1. The average Bonchev–Trinajstić information content (AvgIpc) is 2.85. The Morgan fingerprint density at radius 3 is 2.20 bits per heavy atom. The van der Waals surface area contributed by atoms with E-state index in [1.807, 2.05) is 0 Å². The predicted molar refractivity (Wildman–Crippen MR) is 128 cm³/mol. The van der Waals surface area contributed by atoms with Gasteiger partial charge in [0.15, 0.2) is 5.78 Å². The highest BCUT2D eigenvalue weighted by Gasteiger charge is 2.24. The van der Waals surface area contributed by atoms with Crippen molar-refractivity contribution in [1.82, 2.24) is 10.6 Å². The molecule has 0 aromatic heterocycles. The fourth-order valence-corrected chi connectivity index (χ4v) is 3.50. The van der Waals surface area contributed by atoms with Crippen LogP contribution in [0.2, 0.25) is 5.02 Å². The summed E-state index contributed by atoms with van der Waals surface area (Å²) in [6, 6.07) is 15.5. The molecule has 0 saturated carbocycles. The number of nitrogens with one attached hydrogen (secondary N) is 2. The number of phenolic OH excluding ortho intramolecular Hbond substituents is 1. The molecular weight excluding hydrogens is 474 g/mol. The first-order valence-corrected chi connectivity index (χ1v) is 10.8. The first-order valence-electron chi connectivity index (χ1n) is 10.4. The van der Waals surface area contributed by atoms with Crippen LogP contribution in [-0.4, -0.2) is 46.4 Å². The van der Waals surface area contributed by atoms with Crippen LogP contribution in [0.15, 0.2) is 72.8 Å². The highest BCUT2D eigenvalue weighted by molar-refractivity contribution is 6.34. The Hall–Kier alpha value is -4.21. The normalized spacial score (nSPS) is 12.3. The van der Waals surface area contributed by atoms with Crippen LogP contribution in [-0.2, 0) is 4.79 Å². The minimum atomic E-state index is -1.42. The average molecular weight is 496 g/mol. The second-order valence-electron chi connectivity index (χ2n) is 7.57. The summed E-state index contributed by atoms with van der Waals surface area (Å²) >= 11 is 6.23. The lowest BCUT2D eigenvalue weighted by atomic mass is 9.97. The number of Topliss-reactive ketones (excluding diaryl/α,β-unsaturated/α-hetero) is 1. The first kappa shape index (κ1) is 25.4. The van der Waals surface area contributed by atoms with E-state index >= 15 is 0 Å². The fourth-order valence-electron chi connectivity index (χ4n) is 3.22. The number of carboxylic acid groups (broad SMARTS) is 1. The van der Waals surface area contributed by atoms with Crippen molar-refractivity contribution in [3.63, 3.8) is 0 Å². The monoisotopic (exact) mass is 495 g/mol. The van der Waals surface area contributed by atoms with Gasteiger partial charge in [-0.1, -0.05) is 48.0 Å². The molecule has 0 saturated heterocycles. The maximum absolute atomic E-state index is 12.7. The summed E-state index contributed by atoms with van der Waals surface area (Å²) in [4.78, 5) is 49.1. The molecule has 0 aliphatic rings. The molecule has 9 nitrogen and oxygen atoms in total. The molecule has 0 bridgehead atoms. The van der Waals surface area contributed by atoms with Gasteiger partial charge in [0.1, 0.15) is 11.8 Å². The van der Waals surface area contributed by atoms with Gasteiger partial charge in [-0.2, -0.15) is 0 Å². The molecule has 2 atom stereocenters. The number of halogens is 1. The van der Waals surface area contributed by atoms with E-state index in [2.05, 4.69) is 10.6 Å². The van der Waals surface area contributed by atoms with E-state index in [-0.39, 0.29) is 28.4 Å². The van der Waals surface area contributed by atoms with Crippen molar-refractivity contribution in [3.8, 4) is 5.75 Å². The number of ketones is 1. The van der Waals surface area contributed by atoms with Crippen LogP contribution < -0.4 is 16.4 Å². The van der Waals surface area contributed by atoms with Gasteiger partial charge < -0.3 is 26.6 Å². The van der Waals surface area contributed by atoms with Gasteiger partial charge in [0.25, 0.3) is 11.8 Å². The smallest absolute Gasteiger partial charge is 0.328 e. The number of amides is 2. The lowest BCUT2D eigenvalue weighted by Gasteiger charge is -2.17. The number of hydrogen-bond donors (Lipinski definition) is 5. The quantitative estimate of drug-likeness (QED) is 0.285. The minimum absolute atomic E-state index is 0.0342. The highest BCUT2D eigenvalue weighted by Crippen LogP contribution is 2.24. The second-order valence-corrected chi connectivity index (χ2v) is 7.98. The summed E-state index contributed by atoms with van der Waals surface area (Å²) in [7, 11) is 0. The number of nitrogens with two attached hydrogens (primary N) is 1. The summed E-state index contributed by atoms with van der Waals surface area (Å²) in [5, 5.41) is 23.8. The Kier molecular flexibility index (Phi) is 8.19. The van der Waals surface area contributed by atoms with Crippen molar-refractivity contribution in [1.29, 1.82) is 0 Å². The Bertz CT molecular complexity index is 1270. The molecule has 0 heterocycles. The number of aliphatic carboxylic acids is 1. The molecule has 0 spiro atoms. The van der Waals surface area contributed by atoms with Crippen LogP contribution in [0.4, 0.5) is 0 Å². The van der Waals surface area contributed by atoms with Crippen LogP contribution in [0.25, 0.3) is 0 Å². The van der Waals surface area contributed by atoms with Crippen LogP contribution >= 0.6 is 11.6 Å². The third-order valence-electron chi connectivity index (χ3n) is 5.12. The van der Waals surface area contributed by atoms with Gasteiger partial charge in [0.2, 0.25) is 0 Å². The molecule has 0 aliphatic heterocycles. The zero-order valence-corrected chi connectivity index (χ0v) is 19.0. The highest BCUT2D eigenvalue weighted by atomic mass is 35.5. The Labute approximate surface area is 205 Å². The van der Waals surface area contributed by atoms with Gasteiger partial charge in [-0.05, 0) is 42.0 Å². The molecule has 0 aliphatic carbocycles. The van der Waals surface area contributed by atoms with Gasteiger partial charge in [-0.3, -0.25) is 14.4 Å². The number of carbonyl (C=O) groups excluding carboxylic acids is 3. The largest absolute Gasteiger partial charge is 0.508 e. The third-order valence-corrected chi connectivity index (χ3v) is 5.43. The Morgan fingerprint density at radius 2 is 1.57 bits per heavy atom. The number of aromatic hydroxyl groups is 1. The van der Waals surface area contributed by atoms with E-state index in [9.17, 15) is 29.4 Å². The number of hydrogen-bond acceptors (Lipinski definition) is 6. The molecule has 10 heteroatoms. The minimum Gasteiger partial charge on any atom is -0.508 e. The van der Waals surface area contributed by atoms with Crippen molar-refractivity contribution in [2.75, 3.05) is 6.54 Å². The maximum Gasteiger partial charge on any atom is 0.328 e. The summed E-state index contributed by atoms with van der Waals surface area (Å²) in [5.41, 5.74) is 6.88. The number of carbonyl (C=O) groups is 4. The standard InChI is InChI=1S/C25H22ClN3O6/c26-19-12-15(21(27)22(31)16-7-4-8-17(30)11-16)9-10-18(19)24(33)29-20(25(34)35)13-28-23(32)14-5-2-1-3-6-14/h1-12,20-21,30H,13,27H2,(H,28,32)(H,29,33)(H,34,35)/t20-,21?/m0/s1. The van der Waals surface area contributed by atoms with Gasteiger partial charge in [0, 0.05) is 17.7 Å². The van der Waals surface area contributed by atoms with Crippen molar-refractivity contribution in [3.05, 3.63) is 100 Å². The molecule has 2 amide bonds. The molecule has 3 rings (SSSR count). The SMILES string of the molecule is NC(C(=O)c1cccc(O)c1)c1ccc(C(=O)N[C@@H](CNC(=O)c2ccccc2)C(=O)O)c(Cl)c1. The molecule has 0 fully saturated rings. The Balaban J connectivity index is 1.68. The zero-order chi connectivity index (χ0) is 25.5. The molecule has 3 aromatic rings. The van der Waals surface area contributed by atoms with Crippen LogP contribution in [0.3, 0.4) is 0 Å². The van der Waals surface area contributed by atoms with Crippen LogP contribution in [0.5, 0.6) is 5.75 Å². The molecule has 1 unspecified atom stereocenters. The molecule has 35 heavy (non-hydrogen) atoms. The van der Waals surface area contributed by atoms with Crippen molar-refractivity contribution in [2.24, 2.45) is 5.73 Å². The Morgan fingerprint density at radius 1 is 0.886 bits per heavy atom. The summed E-state index contributed by atoms with van der Waals surface area (Å²) in [6.45, 7) is -0.353. The maximum atomic E-state index is 12.7. The van der Waals surface area contributed by atoms with E-state index < -0.39 is 35.7 Å². The molecule has 0 radical (unpaired) electrons. The van der Waals surface area contributed by atoms with E-state index in [0.717, 1.165) is 0 Å². The summed E-state index contributed by atoms with van der Waals surface area (Å²) in [5.74, 6) is -3.16. The zero-order valence-electron chi connectivity index (χ0n) is 18.3. The van der Waals surface area contributed by atoms with Crippen molar-refractivity contribution >= 4 is 35.2 Å². The number of benzene rings is 3. The van der Waals surface area contributed by atoms with Gasteiger partial charge in [-0.25, -0.2) is 4.79 Å². The van der Waals surface area contributed by atoms with E-state index in [1.54, 1.807) is 30.3 Å². The molecule has 180 valence electrons. The summed E-state index contributed by atoms with van der Waals surface area (Å²) < 4.78 is 0. The van der Waals surface area contributed by atoms with E-state index in [4.69, 9.17) is 17.3 Å². The second kappa shape index (κ2) is 11.3. The summed E-state index contributed by atoms with van der Waals surface area (Å²) in [6.07, 6.45) is 0. The van der Waals surface area contributed by atoms with Gasteiger partial charge >= 0.3 is 5.97 Å². The van der Waals surface area contributed by atoms with Gasteiger partial charge in [0.05, 0.1) is 16.6 Å². The molecule has 6 N–H and O–H groups in total. The predicted octanol–water partition coefficient (Wildman–Crippen LogP) is 2.54. The van der Waals surface area contributed by atoms with Crippen molar-refractivity contribution < 1.29 is 29.4 Å². The lowest BCUT2D eigenvalue weighted by molar-refractivity contribution is -0.139. The fraction of sp³-hybridized carbons (Fsp3) is 0.120. The lowest BCUT2D eigenvalue weighted by Crippen LogP contribution is -2.48. The topological polar surface area (TPSA) is 159 Å². The molecule has 3 aromatic carbocycles. The third kappa shape index (κ3) is 6.44. The van der Waals surface area contributed by atoms with Gasteiger partial charge in [-0.15, -0.1) is 0 Å².